The monoisotopic (exact) mass is 505 g/mol. The van der Waals surface area contributed by atoms with Crippen molar-refractivity contribution in [2.75, 3.05) is 0 Å². The first-order chi connectivity index (χ1) is 17.0. The number of aliphatic hydroxyl groups is 1. The molecule has 0 aliphatic heterocycles. The van der Waals surface area contributed by atoms with Crippen molar-refractivity contribution in [3.8, 4) is 22.8 Å². The highest BCUT2D eigenvalue weighted by atomic mass is 35.5. The fourth-order valence-electron chi connectivity index (χ4n) is 3.81. The van der Waals surface area contributed by atoms with Gasteiger partial charge in [-0.2, -0.15) is 0 Å². The molecular formula is C27H28ClN5O3. The Hall–Kier alpha value is -3.62. The van der Waals surface area contributed by atoms with Crippen LogP contribution in [0.15, 0.2) is 47.5 Å². The van der Waals surface area contributed by atoms with Crippen molar-refractivity contribution in [3.05, 3.63) is 92.1 Å². The molecule has 0 saturated heterocycles. The van der Waals surface area contributed by atoms with Crippen LogP contribution in [-0.2, 0) is 12.2 Å². The molecule has 4 rings (SSSR count). The summed E-state index contributed by atoms with van der Waals surface area (Å²) in [4.78, 5) is 31.1. The predicted octanol–water partition coefficient (Wildman–Crippen LogP) is 4.78. The van der Waals surface area contributed by atoms with E-state index >= 15 is 0 Å². The minimum absolute atomic E-state index is 0.0376. The summed E-state index contributed by atoms with van der Waals surface area (Å²) in [6, 6.07) is 9.02. The number of nitrogens with zero attached hydrogens (tertiary/aromatic N) is 5. The van der Waals surface area contributed by atoms with Crippen molar-refractivity contribution >= 4 is 11.6 Å². The molecule has 0 aliphatic carbocycles. The molecule has 0 aliphatic rings. The molecule has 186 valence electrons. The number of ether oxygens (including phenoxy) is 1. The maximum atomic E-state index is 13.4. The second-order valence-electron chi connectivity index (χ2n) is 9.28. The van der Waals surface area contributed by atoms with Crippen LogP contribution in [0, 0.1) is 27.7 Å². The van der Waals surface area contributed by atoms with Crippen LogP contribution in [0.2, 0.25) is 5.02 Å². The summed E-state index contributed by atoms with van der Waals surface area (Å²) in [6.45, 7) is 10.9. The fraction of sp³-hybridized carbons (Fsp3) is 0.296. The largest absolute Gasteiger partial charge is 0.484 e. The van der Waals surface area contributed by atoms with Crippen LogP contribution < -0.4 is 10.3 Å². The molecule has 0 radical (unpaired) electrons. The molecule has 0 unspecified atom stereocenters. The van der Waals surface area contributed by atoms with Gasteiger partial charge in [0, 0.05) is 29.8 Å². The van der Waals surface area contributed by atoms with E-state index in [0.717, 1.165) is 16.8 Å². The number of pyridine rings is 3. The Labute approximate surface area is 214 Å². The summed E-state index contributed by atoms with van der Waals surface area (Å²) < 4.78 is 7.33. The lowest BCUT2D eigenvalue weighted by Crippen LogP contribution is -2.23. The standard InChI is InChI=1S/C27H28ClN5O3/c1-15-7-8-22(27(5,6)35)32-25(15)19-12-20(16(2)13-30-19)33-18(4)11-21(24(28)26(33)34)36-14-23-29-10-9-17(3)31-23/h7-13,35H,14H2,1-6H3. The van der Waals surface area contributed by atoms with Gasteiger partial charge in [-0.25, -0.2) is 15.0 Å². The van der Waals surface area contributed by atoms with Gasteiger partial charge < -0.3 is 9.84 Å². The van der Waals surface area contributed by atoms with Gasteiger partial charge in [0.15, 0.2) is 5.82 Å². The molecule has 8 nitrogen and oxygen atoms in total. The number of hydrogen-bond acceptors (Lipinski definition) is 7. The van der Waals surface area contributed by atoms with Gasteiger partial charge in [-0.3, -0.25) is 14.3 Å². The van der Waals surface area contributed by atoms with Crippen molar-refractivity contribution < 1.29 is 9.84 Å². The SMILES string of the molecule is Cc1ccnc(COc2cc(C)n(-c3cc(-c4nc(C(C)(C)O)ccc4C)ncc3C)c(=O)c2Cl)n1. The van der Waals surface area contributed by atoms with E-state index < -0.39 is 11.2 Å². The van der Waals surface area contributed by atoms with Crippen LogP contribution in [-0.4, -0.2) is 29.6 Å². The Morgan fingerprint density at radius 2 is 1.78 bits per heavy atom. The van der Waals surface area contributed by atoms with Crippen LogP contribution in [0.25, 0.3) is 17.1 Å². The highest BCUT2D eigenvalue weighted by molar-refractivity contribution is 6.31. The Kier molecular flexibility index (Phi) is 6.93. The van der Waals surface area contributed by atoms with Crippen molar-refractivity contribution in [3.63, 3.8) is 0 Å². The van der Waals surface area contributed by atoms with Gasteiger partial charge in [-0.1, -0.05) is 17.7 Å². The van der Waals surface area contributed by atoms with E-state index in [1.54, 1.807) is 44.4 Å². The highest BCUT2D eigenvalue weighted by Crippen LogP contribution is 2.29. The maximum absolute atomic E-state index is 13.4. The molecule has 4 aromatic heterocycles. The molecule has 4 heterocycles. The third-order valence-electron chi connectivity index (χ3n) is 5.78. The first kappa shape index (κ1) is 25.5. The number of rotatable bonds is 6. The van der Waals surface area contributed by atoms with E-state index in [9.17, 15) is 9.90 Å². The lowest BCUT2D eigenvalue weighted by molar-refractivity contribution is 0.0739. The smallest absolute Gasteiger partial charge is 0.277 e. The number of aromatic nitrogens is 5. The molecule has 0 aromatic carbocycles. The van der Waals surface area contributed by atoms with Crippen LogP contribution in [0.4, 0.5) is 0 Å². The Balaban J connectivity index is 1.75. The van der Waals surface area contributed by atoms with Gasteiger partial charge in [0.05, 0.1) is 22.8 Å². The van der Waals surface area contributed by atoms with E-state index in [2.05, 4.69) is 19.9 Å². The minimum Gasteiger partial charge on any atom is -0.484 e. The second-order valence-corrected chi connectivity index (χ2v) is 9.66. The van der Waals surface area contributed by atoms with Crippen molar-refractivity contribution in [1.82, 2.24) is 24.5 Å². The summed E-state index contributed by atoms with van der Waals surface area (Å²) in [5.41, 5.74) is 4.01. The van der Waals surface area contributed by atoms with E-state index in [-0.39, 0.29) is 17.4 Å². The first-order valence-corrected chi connectivity index (χ1v) is 11.8. The lowest BCUT2D eigenvalue weighted by atomic mass is 10.0. The number of hydrogen-bond donors (Lipinski definition) is 1. The molecule has 9 heteroatoms. The minimum atomic E-state index is -1.10. The zero-order valence-corrected chi connectivity index (χ0v) is 21.9. The molecule has 0 saturated carbocycles. The van der Waals surface area contributed by atoms with Crippen LogP contribution in [0.5, 0.6) is 5.75 Å². The molecule has 0 spiro atoms. The third-order valence-corrected chi connectivity index (χ3v) is 6.13. The average molecular weight is 506 g/mol. The maximum Gasteiger partial charge on any atom is 0.277 e. The highest BCUT2D eigenvalue weighted by Gasteiger charge is 2.21. The normalized spacial score (nSPS) is 11.6. The van der Waals surface area contributed by atoms with E-state index in [0.29, 0.717) is 34.3 Å². The number of halogens is 1. The number of aryl methyl sites for hydroxylation is 4. The molecule has 0 fully saturated rings. The van der Waals surface area contributed by atoms with Gasteiger partial charge in [0.2, 0.25) is 0 Å². The van der Waals surface area contributed by atoms with Gasteiger partial charge >= 0.3 is 0 Å². The lowest BCUT2D eigenvalue weighted by Gasteiger charge is -2.19. The van der Waals surface area contributed by atoms with E-state index in [1.165, 1.54) is 4.57 Å². The van der Waals surface area contributed by atoms with Crippen molar-refractivity contribution in [2.24, 2.45) is 0 Å². The fourth-order valence-corrected chi connectivity index (χ4v) is 4.00. The summed E-state index contributed by atoms with van der Waals surface area (Å²) in [7, 11) is 0. The Morgan fingerprint density at radius 3 is 2.47 bits per heavy atom. The molecule has 1 N–H and O–H groups in total. The van der Waals surface area contributed by atoms with E-state index in [1.807, 2.05) is 39.8 Å². The summed E-state index contributed by atoms with van der Waals surface area (Å²) in [5.74, 6) is 0.765. The summed E-state index contributed by atoms with van der Waals surface area (Å²) in [5, 5.41) is 10.4. The van der Waals surface area contributed by atoms with Crippen LogP contribution in [0.3, 0.4) is 0 Å². The van der Waals surface area contributed by atoms with Crippen molar-refractivity contribution in [1.29, 1.82) is 0 Å². The van der Waals surface area contributed by atoms with Gasteiger partial charge in [-0.05, 0) is 70.9 Å². The molecule has 0 bridgehead atoms. The van der Waals surface area contributed by atoms with Gasteiger partial charge in [0.25, 0.3) is 5.56 Å². The summed E-state index contributed by atoms with van der Waals surface area (Å²) >= 11 is 6.47. The third kappa shape index (κ3) is 5.15. The molecule has 0 atom stereocenters. The van der Waals surface area contributed by atoms with Crippen LogP contribution >= 0.6 is 11.6 Å². The van der Waals surface area contributed by atoms with Crippen LogP contribution in [0.1, 0.15) is 47.9 Å². The molecule has 4 aromatic rings. The Bertz CT molecular complexity index is 1510. The molecule has 36 heavy (non-hydrogen) atoms. The zero-order valence-electron chi connectivity index (χ0n) is 21.1. The second kappa shape index (κ2) is 9.79. The summed E-state index contributed by atoms with van der Waals surface area (Å²) in [6.07, 6.45) is 3.35. The van der Waals surface area contributed by atoms with Gasteiger partial charge in [-0.15, -0.1) is 0 Å². The predicted molar refractivity (Wildman–Crippen MR) is 139 cm³/mol. The van der Waals surface area contributed by atoms with E-state index in [4.69, 9.17) is 16.3 Å². The topological polar surface area (TPSA) is 103 Å². The first-order valence-electron chi connectivity index (χ1n) is 11.5. The quantitative estimate of drug-likeness (QED) is 0.402. The molecule has 0 amide bonds. The zero-order chi connectivity index (χ0) is 26.2. The van der Waals surface area contributed by atoms with Crippen molar-refractivity contribution in [2.45, 2.75) is 53.8 Å². The molecular weight excluding hydrogens is 478 g/mol. The Morgan fingerprint density at radius 1 is 1.03 bits per heavy atom. The van der Waals surface area contributed by atoms with Gasteiger partial charge in [0.1, 0.15) is 23.0 Å². The average Bonchev–Trinajstić information content (AvgIpc) is 2.81.